The van der Waals surface area contributed by atoms with E-state index >= 15 is 0 Å². The maximum absolute atomic E-state index is 12.4. The second kappa shape index (κ2) is 9.89. The molecule has 0 aliphatic rings. The first-order valence-corrected chi connectivity index (χ1v) is 8.75. The zero-order chi connectivity index (χ0) is 17.2. The van der Waals surface area contributed by atoms with Crippen LogP contribution in [-0.4, -0.2) is 30.9 Å². The number of unbranched alkanes of at least 4 members (excludes halogenated alkanes) is 1. The number of carbonyl (C=O) groups is 1. The number of hydrogen-bond acceptors (Lipinski definition) is 2. The summed E-state index contributed by atoms with van der Waals surface area (Å²) in [5.74, 6) is 0.0818. The van der Waals surface area contributed by atoms with Crippen molar-refractivity contribution in [1.29, 1.82) is 0 Å². The van der Waals surface area contributed by atoms with Crippen LogP contribution in [0.1, 0.15) is 36.9 Å². The van der Waals surface area contributed by atoms with E-state index in [0.29, 0.717) is 6.54 Å². The number of benzene rings is 2. The summed E-state index contributed by atoms with van der Waals surface area (Å²) in [7, 11) is 2.00. The highest BCUT2D eigenvalue weighted by Crippen LogP contribution is 2.18. The standard InChI is InChI=1S/C21H28N2O/c1-3-4-15-23(2)17-21(24)22-20(19-13-9-6-10-14-19)16-18-11-7-5-8-12-18/h5-14,20H,3-4,15-17H2,1-2H3,(H,22,24)/t20-/m0/s1. The molecule has 24 heavy (non-hydrogen) atoms. The van der Waals surface area contributed by atoms with Crippen molar-refractivity contribution in [3.63, 3.8) is 0 Å². The minimum Gasteiger partial charge on any atom is -0.348 e. The number of hydrogen-bond donors (Lipinski definition) is 1. The first-order valence-electron chi connectivity index (χ1n) is 8.75. The lowest BCUT2D eigenvalue weighted by Gasteiger charge is -2.22. The molecule has 2 rings (SSSR count). The maximum atomic E-state index is 12.4. The lowest BCUT2D eigenvalue weighted by molar-refractivity contribution is -0.122. The first-order chi connectivity index (χ1) is 11.7. The average molecular weight is 324 g/mol. The quantitative estimate of drug-likeness (QED) is 0.760. The van der Waals surface area contributed by atoms with Crippen molar-refractivity contribution in [2.45, 2.75) is 32.2 Å². The summed E-state index contributed by atoms with van der Waals surface area (Å²) in [5, 5.41) is 3.21. The molecule has 0 spiro atoms. The van der Waals surface area contributed by atoms with Crippen molar-refractivity contribution in [2.24, 2.45) is 0 Å². The molecule has 0 radical (unpaired) electrons. The summed E-state index contributed by atoms with van der Waals surface area (Å²) < 4.78 is 0. The topological polar surface area (TPSA) is 32.3 Å². The molecule has 0 heterocycles. The second-order valence-electron chi connectivity index (χ2n) is 6.31. The summed E-state index contributed by atoms with van der Waals surface area (Å²) in [6.07, 6.45) is 3.07. The highest BCUT2D eigenvalue weighted by atomic mass is 16.2. The van der Waals surface area contributed by atoms with E-state index in [-0.39, 0.29) is 11.9 Å². The van der Waals surface area contributed by atoms with Crippen LogP contribution in [-0.2, 0) is 11.2 Å². The monoisotopic (exact) mass is 324 g/mol. The van der Waals surface area contributed by atoms with Crippen LogP contribution in [0.5, 0.6) is 0 Å². The molecule has 0 saturated heterocycles. The summed E-state index contributed by atoms with van der Waals surface area (Å²) in [6.45, 7) is 3.57. The SMILES string of the molecule is CCCCN(C)CC(=O)N[C@@H](Cc1ccccc1)c1ccccc1. The minimum absolute atomic E-state index is 0.000625. The van der Waals surface area contributed by atoms with Crippen molar-refractivity contribution in [2.75, 3.05) is 20.1 Å². The maximum Gasteiger partial charge on any atom is 0.234 e. The third-order valence-electron chi connectivity index (χ3n) is 4.13. The highest BCUT2D eigenvalue weighted by molar-refractivity contribution is 5.78. The third kappa shape index (κ3) is 6.17. The first kappa shape index (κ1) is 18.2. The Bertz CT molecular complexity index is 598. The molecule has 0 aromatic heterocycles. The third-order valence-corrected chi connectivity index (χ3v) is 4.13. The van der Waals surface area contributed by atoms with Crippen LogP contribution >= 0.6 is 0 Å². The lowest BCUT2D eigenvalue weighted by atomic mass is 9.99. The van der Waals surface area contributed by atoms with Crippen LogP contribution in [0.2, 0.25) is 0 Å². The Labute approximate surface area is 145 Å². The molecule has 1 amide bonds. The van der Waals surface area contributed by atoms with E-state index in [0.717, 1.165) is 31.4 Å². The molecule has 0 bridgehead atoms. The van der Waals surface area contributed by atoms with Gasteiger partial charge in [0.25, 0.3) is 0 Å². The number of nitrogens with zero attached hydrogens (tertiary/aromatic N) is 1. The molecule has 2 aromatic carbocycles. The van der Waals surface area contributed by atoms with Gasteiger partial charge in [-0.25, -0.2) is 0 Å². The number of nitrogens with one attached hydrogen (secondary N) is 1. The highest BCUT2D eigenvalue weighted by Gasteiger charge is 2.16. The molecule has 0 saturated carbocycles. The van der Waals surface area contributed by atoms with Crippen molar-refractivity contribution in [3.8, 4) is 0 Å². The smallest absolute Gasteiger partial charge is 0.234 e. The van der Waals surface area contributed by atoms with Crippen LogP contribution in [0.15, 0.2) is 60.7 Å². The van der Waals surface area contributed by atoms with Gasteiger partial charge in [0.05, 0.1) is 12.6 Å². The summed E-state index contributed by atoms with van der Waals surface area (Å²) in [4.78, 5) is 14.5. The van der Waals surface area contributed by atoms with Gasteiger partial charge in [-0.2, -0.15) is 0 Å². The largest absolute Gasteiger partial charge is 0.348 e. The van der Waals surface area contributed by atoms with E-state index in [1.165, 1.54) is 5.56 Å². The van der Waals surface area contributed by atoms with Gasteiger partial charge in [-0.1, -0.05) is 74.0 Å². The minimum atomic E-state index is 0.000625. The van der Waals surface area contributed by atoms with Crippen LogP contribution in [0.25, 0.3) is 0 Å². The molecule has 0 unspecified atom stereocenters. The fraction of sp³-hybridized carbons (Fsp3) is 0.381. The molecule has 128 valence electrons. The van der Waals surface area contributed by atoms with Gasteiger partial charge in [-0.3, -0.25) is 9.69 Å². The number of rotatable bonds is 9. The van der Waals surface area contributed by atoms with Crippen LogP contribution in [0.4, 0.5) is 0 Å². The summed E-state index contributed by atoms with van der Waals surface area (Å²) in [5.41, 5.74) is 2.37. The molecule has 0 fully saturated rings. The average Bonchev–Trinajstić information content (AvgIpc) is 2.61. The Hall–Kier alpha value is -2.13. The van der Waals surface area contributed by atoms with Gasteiger partial charge in [-0.15, -0.1) is 0 Å². The van der Waals surface area contributed by atoms with Gasteiger partial charge in [0, 0.05) is 0 Å². The summed E-state index contributed by atoms with van der Waals surface area (Å²) >= 11 is 0. The molecule has 0 aliphatic carbocycles. The molecule has 2 aromatic rings. The molecular formula is C21H28N2O. The molecular weight excluding hydrogens is 296 g/mol. The zero-order valence-corrected chi connectivity index (χ0v) is 14.7. The van der Waals surface area contributed by atoms with Gasteiger partial charge >= 0.3 is 0 Å². The molecule has 1 N–H and O–H groups in total. The molecule has 3 nitrogen and oxygen atoms in total. The van der Waals surface area contributed by atoms with Gasteiger partial charge in [0.15, 0.2) is 0 Å². The predicted molar refractivity (Wildman–Crippen MR) is 99.9 cm³/mol. The normalized spacial score (nSPS) is 12.1. The van der Waals surface area contributed by atoms with E-state index in [4.69, 9.17) is 0 Å². The lowest BCUT2D eigenvalue weighted by Crippen LogP contribution is -2.38. The fourth-order valence-electron chi connectivity index (χ4n) is 2.78. The van der Waals surface area contributed by atoms with Crippen molar-refractivity contribution < 1.29 is 4.79 Å². The van der Waals surface area contributed by atoms with E-state index < -0.39 is 0 Å². The second-order valence-corrected chi connectivity index (χ2v) is 6.31. The summed E-state index contributed by atoms with van der Waals surface area (Å²) in [6, 6.07) is 20.5. The van der Waals surface area contributed by atoms with Crippen molar-refractivity contribution >= 4 is 5.91 Å². The van der Waals surface area contributed by atoms with Crippen molar-refractivity contribution in [3.05, 3.63) is 71.8 Å². The zero-order valence-electron chi connectivity index (χ0n) is 14.7. The van der Waals surface area contributed by atoms with E-state index in [9.17, 15) is 4.79 Å². The molecule has 0 aliphatic heterocycles. The van der Waals surface area contributed by atoms with E-state index in [1.54, 1.807) is 0 Å². The van der Waals surface area contributed by atoms with Crippen molar-refractivity contribution in [1.82, 2.24) is 10.2 Å². The van der Waals surface area contributed by atoms with Gasteiger partial charge < -0.3 is 5.32 Å². The Balaban J connectivity index is 2.02. The number of carbonyl (C=O) groups excluding carboxylic acids is 1. The Kier molecular flexibility index (Phi) is 7.50. The van der Waals surface area contributed by atoms with Crippen LogP contribution < -0.4 is 5.32 Å². The van der Waals surface area contributed by atoms with E-state index in [2.05, 4.69) is 41.4 Å². The van der Waals surface area contributed by atoms with Gasteiger partial charge in [0.2, 0.25) is 5.91 Å². The van der Waals surface area contributed by atoms with Gasteiger partial charge in [0.1, 0.15) is 0 Å². The Morgan fingerprint density at radius 1 is 1.04 bits per heavy atom. The van der Waals surface area contributed by atoms with Crippen LogP contribution in [0, 0.1) is 0 Å². The number of likely N-dealkylation sites (N-methyl/N-ethyl adjacent to an activating group) is 1. The Morgan fingerprint density at radius 3 is 2.29 bits per heavy atom. The van der Waals surface area contributed by atoms with Gasteiger partial charge in [-0.05, 0) is 37.6 Å². The van der Waals surface area contributed by atoms with Crippen LogP contribution in [0.3, 0.4) is 0 Å². The Morgan fingerprint density at radius 2 is 1.67 bits per heavy atom. The van der Waals surface area contributed by atoms with E-state index in [1.807, 2.05) is 43.4 Å². The number of amides is 1. The predicted octanol–water partition coefficient (Wildman–Crippen LogP) is 3.82. The molecule has 3 heteroatoms. The fourth-order valence-corrected chi connectivity index (χ4v) is 2.78. The molecule has 1 atom stereocenters.